The van der Waals surface area contributed by atoms with Gasteiger partial charge in [0.05, 0.1) is 72.1 Å². The van der Waals surface area contributed by atoms with Crippen molar-refractivity contribution in [1.82, 2.24) is 32.5 Å². The first kappa shape index (κ1) is 61.3. The van der Waals surface area contributed by atoms with E-state index in [0.717, 1.165) is 156 Å². The lowest BCUT2D eigenvalue weighted by molar-refractivity contribution is 0.588. The molecule has 0 N–H and O–H groups in total. The SMILES string of the molecule is CC(C)(C)c1ccc2c(c1)C=CC(C)(C)N2c1c(-c2ccc3c(c2)n2c4cc(-c5ccccc5)ccc4nc2n3-c2ccccc2)cc(-c2ccc3c(c2)n2c4cc(-c5ccccc5)ccc4nc2n3-c2ccccc2)c(-n2c3ccc(C(C)(C)C)cc3c3cc(C(C)(C)C)ccc32)c1C#N. The average molecular weight is 1310 g/mol. The van der Waals surface area contributed by atoms with Crippen LogP contribution in [0.15, 0.2) is 261 Å². The van der Waals surface area contributed by atoms with Gasteiger partial charge in [0.15, 0.2) is 0 Å². The van der Waals surface area contributed by atoms with Crippen molar-refractivity contribution in [3.63, 3.8) is 0 Å². The summed E-state index contributed by atoms with van der Waals surface area (Å²) in [6, 6.07) is 95.9. The van der Waals surface area contributed by atoms with Gasteiger partial charge in [0.1, 0.15) is 11.6 Å². The van der Waals surface area contributed by atoms with Gasteiger partial charge in [-0.3, -0.25) is 17.9 Å². The van der Waals surface area contributed by atoms with E-state index in [1.165, 1.54) is 16.7 Å². The Labute approximate surface area is 588 Å². The topological polar surface area (TPSA) is 76.4 Å². The number of para-hydroxylation sites is 2. The zero-order chi connectivity index (χ0) is 69.2. The predicted octanol–water partition coefficient (Wildman–Crippen LogP) is 23.6. The molecule has 0 fully saturated rings. The summed E-state index contributed by atoms with van der Waals surface area (Å²) in [5.74, 6) is 1.62. The maximum Gasteiger partial charge on any atom is 0.220 e. The third-order valence-electron chi connectivity index (χ3n) is 21.2. The summed E-state index contributed by atoms with van der Waals surface area (Å²) >= 11 is 0. The van der Waals surface area contributed by atoms with E-state index in [9.17, 15) is 5.26 Å². The van der Waals surface area contributed by atoms with Crippen molar-refractivity contribution in [2.45, 2.75) is 97.9 Å². The molecular weight excluding hydrogens is 1230 g/mol. The summed E-state index contributed by atoms with van der Waals surface area (Å²) in [4.78, 5) is 13.5. The minimum Gasteiger partial charge on any atom is -0.330 e. The van der Waals surface area contributed by atoms with Crippen molar-refractivity contribution in [2.75, 3.05) is 4.90 Å². The number of benzene rings is 12. The molecule has 17 aromatic rings. The Balaban J connectivity index is 1.02. The first-order valence-electron chi connectivity index (χ1n) is 35.2. The molecule has 490 valence electrons. The van der Waals surface area contributed by atoms with Crippen molar-refractivity contribution in [2.24, 2.45) is 0 Å². The van der Waals surface area contributed by atoms with E-state index < -0.39 is 5.54 Å². The summed E-state index contributed by atoms with van der Waals surface area (Å²) in [6.45, 7) is 25.2. The van der Waals surface area contributed by atoms with Gasteiger partial charge in [0.2, 0.25) is 11.6 Å². The smallest absolute Gasteiger partial charge is 0.220 e. The molecule has 9 nitrogen and oxygen atoms in total. The number of hydrogen-bond donors (Lipinski definition) is 0. The molecule has 12 aromatic carbocycles. The van der Waals surface area contributed by atoms with Crippen molar-refractivity contribution < 1.29 is 0 Å². The van der Waals surface area contributed by atoms with E-state index in [4.69, 9.17) is 9.97 Å². The molecule has 1 aliphatic rings. The Kier molecular flexibility index (Phi) is 13.5. The highest BCUT2D eigenvalue weighted by Gasteiger charge is 2.38. The van der Waals surface area contributed by atoms with Gasteiger partial charge in [0.25, 0.3) is 0 Å². The van der Waals surface area contributed by atoms with Crippen LogP contribution in [0, 0.1) is 11.3 Å². The Morgan fingerprint density at radius 1 is 0.356 bits per heavy atom. The molecule has 0 saturated heterocycles. The van der Waals surface area contributed by atoms with Gasteiger partial charge in [0, 0.05) is 39.0 Å². The Morgan fingerprint density at radius 2 is 0.762 bits per heavy atom. The van der Waals surface area contributed by atoms with Crippen LogP contribution < -0.4 is 4.90 Å². The summed E-state index contributed by atoms with van der Waals surface area (Å²) in [6.07, 6.45) is 4.62. The number of nitrogens with zero attached hydrogens (tertiary/aromatic N) is 9. The molecule has 0 bridgehead atoms. The lowest BCUT2D eigenvalue weighted by Crippen LogP contribution is -2.41. The number of fused-ring (bicyclic) bond motifs is 14. The number of hydrogen-bond acceptors (Lipinski definition) is 4. The van der Waals surface area contributed by atoms with Crippen LogP contribution in [-0.2, 0) is 16.2 Å². The van der Waals surface area contributed by atoms with Crippen molar-refractivity contribution in [1.29, 1.82) is 5.26 Å². The zero-order valence-electron chi connectivity index (χ0n) is 58.9. The molecule has 0 radical (unpaired) electrons. The van der Waals surface area contributed by atoms with Gasteiger partial charge in [-0.1, -0.05) is 214 Å². The lowest BCUT2D eigenvalue weighted by Gasteiger charge is -2.44. The zero-order valence-corrected chi connectivity index (χ0v) is 58.9. The van der Waals surface area contributed by atoms with Crippen LogP contribution in [0.2, 0.25) is 0 Å². The van der Waals surface area contributed by atoms with E-state index in [0.29, 0.717) is 5.56 Å². The van der Waals surface area contributed by atoms with E-state index in [1.54, 1.807) is 0 Å². The van der Waals surface area contributed by atoms with Crippen LogP contribution in [0.25, 0.3) is 145 Å². The van der Waals surface area contributed by atoms with Crippen LogP contribution in [0.3, 0.4) is 0 Å². The molecule has 0 amide bonds. The molecule has 0 saturated carbocycles. The molecular formula is C92H77N9. The lowest BCUT2D eigenvalue weighted by atomic mass is 9.83. The third-order valence-corrected chi connectivity index (χ3v) is 21.2. The monoisotopic (exact) mass is 1310 g/mol. The summed E-state index contributed by atoms with van der Waals surface area (Å²) < 4.78 is 11.7. The molecule has 0 atom stereocenters. The van der Waals surface area contributed by atoms with Gasteiger partial charge in [-0.2, -0.15) is 5.26 Å². The fourth-order valence-electron chi connectivity index (χ4n) is 15.8. The molecule has 18 rings (SSSR count). The fourth-order valence-corrected chi connectivity index (χ4v) is 15.8. The third kappa shape index (κ3) is 9.71. The van der Waals surface area contributed by atoms with E-state index >= 15 is 0 Å². The van der Waals surface area contributed by atoms with E-state index in [2.05, 4.69) is 377 Å². The summed E-state index contributed by atoms with van der Waals surface area (Å²) in [7, 11) is 0. The molecule has 0 spiro atoms. The molecule has 1 aliphatic heterocycles. The second-order valence-electron chi connectivity index (χ2n) is 31.2. The normalized spacial score (nSPS) is 13.5. The number of rotatable bonds is 8. The van der Waals surface area contributed by atoms with Gasteiger partial charge in [-0.05, 0) is 201 Å². The summed E-state index contributed by atoms with van der Waals surface area (Å²) in [5, 5.41) is 15.4. The van der Waals surface area contributed by atoms with Crippen LogP contribution in [-0.4, -0.2) is 38.0 Å². The van der Waals surface area contributed by atoms with Gasteiger partial charge in [-0.15, -0.1) is 0 Å². The number of nitriles is 1. The predicted molar refractivity (Wildman–Crippen MR) is 421 cm³/mol. The van der Waals surface area contributed by atoms with Gasteiger partial charge >= 0.3 is 0 Å². The largest absolute Gasteiger partial charge is 0.330 e. The summed E-state index contributed by atoms with van der Waals surface area (Å²) in [5.41, 5.74) is 26.9. The average Bonchev–Trinajstić information content (AvgIpc) is 1.62. The second-order valence-corrected chi connectivity index (χ2v) is 31.2. The first-order valence-corrected chi connectivity index (χ1v) is 35.2. The highest BCUT2D eigenvalue weighted by Crippen LogP contribution is 2.53. The molecule has 101 heavy (non-hydrogen) atoms. The highest BCUT2D eigenvalue weighted by atomic mass is 15.2. The number of anilines is 2. The van der Waals surface area contributed by atoms with Gasteiger partial charge in [-0.25, -0.2) is 9.97 Å². The minimum absolute atomic E-state index is 0.118. The standard InChI is InChI=1S/C92H77N9/c1-89(2,3)64-36-43-76-63(48-64)46-47-92(10,11)101(76)86-70(62-35-42-80-84(52-62)100-82-50-60(58-26-18-13-19-27-58)33-40-75(82)95-88(100)97(80)68-30-22-15-23-31-68)55-69(85(73(86)56-93)98-77-44-37-65(90(4,5)6)53-71(77)72-54-66(91(7,8)9)38-45-78(72)98)61-34-41-79-83(51-61)99-81-49-59(57-24-16-12-17-25-57)32-39-74(81)94-87(99)96(79)67-28-20-14-21-29-67/h12-55H,1-11H3. The fraction of sp³-hybridized carbons (Fsp3) is 0.163. The van der Waals surface area contributed by atoms with Crippen LogP contribution in [0.1, 0.15) is 104 Å². The maximum absolute atomic E-state index is 13.2. The molecule has 5 aromatic heterocycles. The van der Waals surface area contributed by atoms with Crippen molar-refractivity contribution in [3.05, 3.63) is 289 Å². The van der Waals surface area contributed by atoms with Crippen LogP contribution in [0.4, 0.5) is 11.4 Å². The Morgan fingerprint density at radius 3 is 1.22 bits per heavy atom. The van der Waals surface area contributed by atoms with Crippen molar-refractivity contribution >= 4 is 94.9 Å². The van der Waals surface area contributed by atoms with E-state index in [1.807, 2.05) is 0 Å². The molecule has 6 heterocycles. The minimum atomic E-state index is -0.659. The number of aromatic nitrogens is 7. The van der Waals surface area contributed by atoms with Gasteiger partial charge < -0.3 is 9.47 Å². The molecule has 0 aliphatic carbocycles. The van der Waals surface area contributed by atoms with Crippen molar-refractivity contribution in [3.8, 4) is 67.6 Å². The molecule has 9 heteroatoms. The van der Waals surface area contributed by atoms with Crippen LogP contribution in [0.5, 0.6) is 0 Å². The second kappa shape index (κ2) is 22.3. The maximum atomic E-state index is 13.2. The Hall–Kier alpha value is -12.0. The first-order chi connectivity index (χ1) is 48.7. The highest BCUT2D eigenvalue weighted by molar-refractivity contribution is 6.12. The molecule has 0 unspecified atom stereocenters. The van der Waals surface area contributed by atoms with E-state index in [-0.39, 0.29) is 16.2 Å². The number of imidazole rings is 4. The van der Waals surface area contributed by atoms with Crippen LogP contribution >= 0.6 is 0 Å². The quantitative estimate of drug-likeness (QED) is 0.152. The Bertz CT molecular complexity index is 6270.